The number of non-ortho nitro benzene ring substituents is 1. The second-order valence-electron chi connectivity index (χ2n) is 2.75. The van der Waals surface area contributed by atoms with Crippen molar-refractivity contribution in [3.05, 3.63) is 33.4 Å². The molecule has 1 aromatic rings. The fourth-order valence-electron chi connectivity index (χ4n) is 1.17. The summed E-state index contributed by atoms with van der Waals surface area (Å²) in [6, 6.07) is 2.57. The molecule has 0 unspecified atom stereocenters. The Morgan fingerprint density at radius 3 is 2.57 bits per heavy atom. The molecule has 0 spiro atoms. The van der Waals surface area contributed by atoms with Crippen LogP contribution in [0, 0.1) is 17.0 Å². The number of rotatable bonds is 3. The van der Waals surface area contributed by atoms with Crippen LogP contribution in [0.4, 0.5) is 5.69 Å². The van der Waals surface area contributed by atoms with E-state index in [4.69, 9.17) is 4.74 Å². The van der Waals surface area contributed by atoms with Crippen LogP contribution in [-0.4, -0.2) is 18.3 Å². The Hall–Kier alpha value is -1.91. The molecule has 0 radical (unpaired) electrons. The van der Waals surface area contributed by atoms with E-state index in [1.807, 2.05) is 0 Å². The van der Waals surface area contributed by atoms with Crippen LogP contribution >= 0.6 is 0 Å². The van der Waals surface area contributed by atoms with Gasteiger partial charge >= 0.3 is 0 Å². The summed E-state index contributed by atoms with van der Waals surface area (Å²) in [6.07, 6.45) is 0.623. The van der Waals surface area contributed by atoms with Crippen LogP contribution in [0.15, 0.2) is 12.1 Å². The van der Waals surface area contributed by atoms with Gasteiger partial charge in [-0.05, 0) is 12.5 Å². The molecule has 0 aromatic heterocycles. The molecule has 0 heterocycles. The van der Waals surface area contributed by atoms with Crippen molar-refractivity contribution in [3.63, 3.8) is 0 Å². The molecule has 0 N–H and O–H groups in total. The fraction of sp³-hybridized carbons (Fsp3) is 0.222. The molecule has 0 aliphatic carbocycles. The van der Waals surface area contributed by atoms with Gasteiger partial charge in [0, 0.05) is 6.07 Å². The summed E-state index contributed by atoms with van der Waals surface area (Å²) in [5.41, 5.74) is 0.800. The van der Waals surface area contributed by atoms with Gasteiger partial charge in [0.15, 0.2) is 6.29 Å². The lowest BCUT2D eigenvalue weighted by atomic mass is 10.1. The Morgan fingerprint density at radius 2 is 2.14 bits per heavy atom. The summed E-state index contributed by atoms with van der Waals surface area (Å²) >= 11 is 0. The van der Waals surface area contributed by atoms with Crippen LogP contribution in [0.25, 0.3) is 0 Å². The third kappa shape index (κ3) is 1.71. The molecule has 0 aliphatic rings. The molecule has 74 valence electrons. The van der Waals surface area contributed by atoms with E-state index in [9.17, 15) is 14.9 Å². The van der Waals surface area contributed by atoms with E-state index >= 15 is 0 Å². The Balaban J connectivity index is 3.38. The van der Waals surface area contributed by atoms with Crippen molar-refractivity contribution >= 4 is 12.0 Å². The summed E-state index contributed by atoms with van der Waals surface area (Å²) in [4.78, 5) is 20.6. The largest absolute Gasteiger partial charge is 0.496 e. The molecule has 0 saturated heterocycles. The van der Waals surface area contributed by atoms with E-state index in [0.717, 1.165) is 0 Å². The number of nitro groups is 1. The van der Waals surface area contributed by atoms with Gasteiger partial charge in [-0.1, -0.05) is 0 Å². The minimum absolute atomic E-state index is 0.0787. The van der Waals surface area contributed by atoms with Crippen LogP contribution in [0.5, 0.6) is 5.75 Å². The van der Waals surface area contributed by atoms with Gasteiger partial charge < -0.3 is 4.74 Å². The zero-order chi connectivity index (χ0) is 10.7. The fourth-order valence-corrected chi connectivity index (χ4v) is 1.17. The molecule has 5 nitrogen and oxygen atoms in total. The lowest BCUT2D eigenvalue weighted by molar-refractivity contribution is -0.385. The summed E-state index contributed by atoms with van der Waals surface area (Å²) in [6.45, 7) is 1.62. The Morgan fingerprint density at radius 1 is 1.50 bits per heavy atom. The number of nitro benzene ring substituents is 1. The summed E-state index contributed by atoms with van der Waals surface area (Å²) in [5, 5.41) is 10.5. The van der Waals surface area contributed by atoms with Crippen molar-refractivity contribution < 1.29 is 14.5 Å². The van der Waals surface area contributed by atoms with Gasteiger partial charge in [-0.25, -0.2) is 0 Å². The number of hydrogen-bond donors (Lipinski definition) is 0. The lowest BCUT2D eigenvalue weighted by Crippen LogP contribution is -1.97. The molecular weight excluding hydrogens is 186 g/mol. The monoisotopic (exact) mass is 195 g/mol. The number of hydrogen-bond acceptors (Lipinski definition) is 4. The van der Waals surface area contributed by atoms with Crippen molar-refractivity contribution in [1.29, 1.82) is 0 Å². The quantitative estimate of drug-likeness (QED) is 0.418. The molecule has 5 heteroatoms. The van der Waals surface area contributed by atoms with Crippen molar-refractivity contribution in [1.82, 2.24) is 0 Å². The Bertz CT molecular complexity index is 387. The maximum Gasteiger partial charge on any atom is 0.273 e. The zero-order valence-corrected chi connectivity index (χ0v) is 7.81. The maximum absolute atomic E-state index is 10.6. The van der Waals surface area contributed by atoms with Gasteiger partial charge in [0.25, 0.3) is 5.69 Å². The Kier molecular flexibility index (Phi) is 2.81. The maximum atomic E-state index is 10.6. The predicted octanol–water partition coefficient (Wildman–Crippen LogP) is 1.72. The second-order valence-corrected chi connectivity index (χ2v) is 2.75. The van der Waals surface area contributed by atoms with Crippen LogP contribution in [0.1, 0.15) is 15.9 Å². The topological polar surface area (TPSA) is 69.4 Å². The number of carbonyl (C=O) groups excluding carboxylic acids is 1. The van der Waals surface area contributed by atoms with E-state index in [2.05, 4.69) is 0 Å². The van der Waals surface area contributed by atoms with Crippen LogP contribution in [0.3, 0.4) is 0 Å². The molecule has 0 amide bonds. The summed E-state index contributed by atoms with van der Waals surface area (Å²) in [7, 11) is 1.37. The van der Waals surface area contributed by atoms with Crippen LogP contribution in [-0.2, 0) is 0 Å². The highest BCUT2D eigenvalue weighted by atomic mass is 16.6. The third-order valence-corrected chi connectivity index (χ3v) is 1.88. The van der Waals surface area contributed by atoms with E-state index < -0.39 is 4.92 Å². The summed E-state index contributed by atoms with van der Waals surface area (Å²) < 4.78 is 4.87. The number of methoxy groups -OCH3 is 1. The van der Waals surface area contributed by atoms with Crippen LogP contribution in [0.2, 0.25) is 0 Å². The van der Waals surface area contributed by atoms with E-state index in [0.29, 0.717) is 17.4 Å². The molecule has 1 aromatic carbocycles. The molecular formula is C9H9NO4. The van der Waals surface area contributed by atoms with Gasteiger partial charge in [-0.2, -0.15) is 0 Å². The average Bonchev–Trinajstić information content (AvgIpc) is 2.16. The highest BCUT2D eigenvalue weighted by Crippen LogP contribution is 2.26. The number of nitrogens with zero attached hydrogens (tertiary/aromatic N) is 1. The molecule has 0 atom stereocenters. The minimum Gasteiger partial charge on any atom is -0.496 e. The first-order chi connectivity index (χ1) is 6.60. The summed E-state index contributed by atoms with van der Waals surface area (Å²) in [5.74, 6) is 0.228. The first-order valence-corrected chi connectivity index (χ1v) is 3.88. The standard InChI is InChI=1S/C9H9NO4/c1-6-3-7(10(12)13)4-9(14-2)8(6)5-11/h3-5H,1-2H3. The average molecular weight is 195 g/mol. The van der Waals surface area contributed by atoms with Gasteiger partial charge in [0.1, 0.15) is 5.75 Å². The molecule has 0 fully saturated rings. The Labute approximate surface area is 80.5 Å². The minimum atomic E-state index is -0.524. The van der Waals surface area contributed by atoms with Gasteiger partial charge in [0.05, 0.1) is 23.7 Å². The normalized spacial score (nSPS) is 9.57. The number of aryl methyl sites for hydroxylation is 1. The number of ether oxygens (including phenoxy) is 1. The first-order valence-electron chi connectivity index (χ1n) is 3.88. The van der Waals surface area contributed by atoms with E-state index in [-0.39, 0.29) is 11.4 Å². The number of aldehydes is 1. The number of carbonyl (C=O) groups is 1. The SMILES string of the molecule is COc1cc([N+](=O)[O-])cc(C)c1C=O. The van der Waals surface area contributed by atoms with Crippen LogP contribution < -0.4 is 4.74 Å². The molecule has 1 rings (SSSR count). The van der Waals surface area contributed by atoms with E-state index in [1.165, 1.54) is 19.2 Å². The smallest absolute Gasteiger partial charge is 0.273 e. The first kappa shape index (κ1) is 10.2. The van der Waals surface area contributed by atoms with Crippen molar-refractivity contribution in [2.24, 2.45) is 0 Å². The zero-order valence-electron chi connectivity index (χ0n) is 7.81. The molecule has 0 aliphatic heterocycles. The van der Waals surface area contributed by atoms with Crippen molar-refractivity contribution in [2.75, 3.05) is 7.11 Å². The van der Waals surface area contributed by atoms with Gasteiger partial charge in [0.2, 0.25) is 0 Å². The van der Waals surface area contributed by atoms with E-state index in [1.54, 1.807) is 6.92 Å². The van der Waals surface area contributed by atoms with Crippen molar-refractivity contribution in [2.45, 2.75) is 6.92 Å². The van der Waals surface area contributed by atoms with Crippen molar-refractivity contribution in [3.8, 4) is 5.75 Å². The predicted molar refractivity (Wildman–Crippen MR) is 49.8 cm³/mol. The third-order valence-electron chi connectivity index (χ3n) is 1.88. The van der Waals surface area contributed by atoms with Gasteiger partial charge in [-0.3, -0.25) is 14.9 Å². The van der Waals surface area contributed by atoms with Gasteiger partial charge in [-0.15, -0.1) is 0 Å². The molecule has 14 heavy (non-hydrogen) atoms. The lowest BCUT2D eigenvalue weighted by Gasteiger charge is -2.05. The highest BCUT2D eigenvalue weighted by Gasteiger charge is 2.13. The highest BCUT2D eigenvalue weighted by molar-refractivity contribution is 5.82. The second kappa shape index (κ2) is 3.87. The molecule has 0 saturated carbocycles. The molecule has 0 bridgehead atoms. The number of benzene rings is 1.